The standard InChI is InChI=1S/C17H20N4O/c1-9(18)14-8-20-6-11(10-2-3-10)5-15(16(20)19-14)21-7-12-4-13(12)17(21)22/h5-6,8-10,12-13H,2-4,7,18H2,1H3/t9-,12?,13?/m0/s1. The molecule has 3 aliphatic rings. The Hall–Kier alpha value is -1.88. The minimum atomic E-state index is -0.0974. The number of anilines is 1. The van der Waals surface area contributed by atoms with Gasteiger partial charge < -0.3 is 15.0 Å². The molecular formula is C17H20N4O. The zero-order valence-corrected chi connectivity index (χ0v) is 12.7. The maximum atomic E-state index is 12.5. The van der Waals surface area contributed by atoms with E-state index in [1.165, 1.54) is 18.4 Å². The average Bonchev–Trinajstić information content (AvgIpc) is 3.39. The number of nitrogens with zero attached hydrogens (tertiary/aromatic N) is 3. The summed E-state index contributed by atoms with van der Waals surface area (Å²) in [5, 5.41) is 0. The molecule has 2 saturated carbocycles. The first kappa shape index (κ1) is 12.6. The highest BCUT2D eigenvalue weighted by molar-refractivity contribution is 6.02. The van der Waals surface area contributed by atoms with E-state index in [4.69, 9.17) is 10.7 Å². The lowest BCUT2D eigenvalue weighted by atomic mass is 10.1. The van der Waals surface area contributed by atoms with Crippen molar-refractivity contribution in [3.8, 4) is 0 Å². The molecule has 2 aliphatic carbocycles. The van der Waals surface area contributed by atoms with Gasteiger partial charge in [-0.3, -0.25) is 4.79 Å². The van der Waals surface area contributed by atoms with Crippen molar-refractivity contribution in [3.05, 3.63) is 29.7 Å². The maximum Gasteiger partial charge on any atom is 0.230 e. The van der Waals surface area contributed by atoms with Gasteiger partial charge in [-0.1, -0.05) is 0 Å². The van der Waals surface area contributed by atoms with E-state index in [0.29, 0.717) is 11.8 Å². The van der Waals surface area contributed by atoms with Gasteiger partial charge in [0.05, 0.1) is 11.4 Å². The molecule has 3 fully saturated rings. The molecule has 0 bridgehead atoms. The second-order valence-corrected chi connectivity index (χ2v) is 7.17. The van der Waals surface area contributed by atoms with Crippen LogP contribution < -0.4 is 10.6 Å². The molecular weight excluding hydrogens is 276 g/mol. The van der Waals surface area contributed by atoms with Gasteiger partial charge in [-0.25, -0.2) is 4.98 Å². The molecule has 2 aromatic rings. The van der Waals surface area contributed by atoms with Crippen molar-refractivity contribution >= 4 is 17.2 Å². The minimum absolute atomic E-state index is 0.0974. The SMILES string of the molecule is C[C@H](N)c1cn2cc(C3CC3)cc(N3CC4CC4C3=O)c2n1. The van der Waals surface area contributed by atoms with E-state index in [0.717, 1.165) is 30.0 Å². The molecule has 0 radical (unpaired) electrons. The maximum absolute atomic E-state index is 12.5. The molecule has 1 amide bonds. The van der Waals surface area contributed by atoms with Gasteiger partial charge in [0.15, 0.2) is 5.65 Å². The highest BCUT2D eigenvalue weighted by Gasteiger charge is 2.53. The molecule has 0 aromatic carbocycles. The highest BCUT2D eigenvalue weighted by Crippen LogP contribution is 2.49. The van der Waals surface area contributed by atoms with Crippen molar-refractivity contribution in [2.75, 3.05) is 11.4 Å². The molecule has 22 heavy (non-hydrogen) atoms. The topological polar surface area (TPSA) is 63.6 Å². The molecule has 3 atom stereocenters. The van der Waals surface area contributed by atoms with E-state index in [2.05, 4.69) is 16.7 Å². The molecule has 3 heterocycles. The van der Waals surface area contributed by atoms with Gasteiger partial charge in [0, 0.05) is 30.9 Å². The Bertz CT molecular complexity index is 789. The number of fused-ring (bicyclic) bond motifs is 2. The smallest absolute Gasteiger partial charge is 0.230 e. The molecule has 1 saturated heterocycles. The Balaban J connectivity index is 1.68. The molecule has 2 unspecified atom stereocenters. The van der Waals surface area contributed by atoms with Gasteiger partial charge in [0.25, 0.3) is 0 Å². The van der Waals surface area contributed by atoms with Gasteiger partial charge in [-0.15, -0.1) is 0 Å². The zero-order chi connectivity index (χ0) is 15.0. The summed E-state index contributed by atoms with van der Waals surface area (Å²) in [7, 11) is 0. The van der Waals surface area contributed by atoms with E-state index < -0.39 is 0 Å². The van der Waals surface area contributed by atoms with E-state index in [1.807, 2.05) is 18.0 Å². The Morgan fingerprint density at radius 2 is 2.18 bits per heavy atom. The minimum Gasteiger partial charge on any atom is -0.323 e. The molecule has 5 heteroatoms. The van der Waals surface area contributed by atoms with Crippen LogP contribution in [0.2, 0.25) is 0 Å². The Kier molecular flexibility index (Phi) is 2.36. The molecule has 2 aromatic heterocycles. The lowest BCUT2D eigenvalue weighted by Crippen LogP contribution is -2.28. The van der Waals surface area contributed by atoms with Crippen molar-refractivity contribution in [1.82, 2.24) is 9.38 Å². The van der Waals surface area contributed by atoms with Crippen LogP contribution >= 0.6 is 0 Å². The van der Waals surface area contributed by atoms with Crippen LogP contribution in [0.4, 0.5) is 5.69 Å². The average molecular weight is 296 g/mol. The molecule has 5 nitrogen and oxygen atoms in total. The fourth-order valence-corrected chi connectivity index (χ4v) is 3.67. The summed E-state index contributed by atoms with van der Waals surface area (Å²) in [6.45, 7) is 2.80. The lowest BCUT2D eigenvalue weighted by molar-refractivity contribution is -0.118. The number of imidazole rings is 1. The third-order valence-electron chi connectivity index (χ3n) is 5.30. The summed E-state index contributed by atoms with van der Waals surface area (Å²) < 4.78 is 2.07. The summed E-state index contributed by atoms with van der Waals surface area (Å²) in [5.41, 5.74) is 10.0. The van der Waals surface area contributed by atoms with Crippen molar-refractivity contribution in [1.29, 1.82) is 0 Å². The Morgan fingerprint density at radius 1 is 1.36 bits per heavy atom. The van der Waals surface area contributed by atoms with Crippen LogP contribution in [0.15, 0.2) is 18.5 Å². The quantitative estimate of drug-likeness (QED) is 0.944. The molecule has 5 rings (SSSR count). The first-order valence-electron chi connectivity index (χ1n) is 8.21. The van der Waals surface area contributed by atoms with Crippen molar-refractivity contribution in [2.45, 2.75) is 38.1 Å². The molecule has 114 valence electrons. The monoisotopic (exact) mass is 296 g/mol. The van der Waals surface area contributed by atoms with Crippen LogP contribution in [0, 0.1) is 11.8 Å². The number of pyridine rings is 1. The number of carbonyl (C=O) groups excluding carboxylic acids is 1. The summed E-state index contributed by atoms with van der Waals surface area (Å²) in [6.07, 6.45) is 7.75. The molecule has 1 aliphatic heterocycles. The van der Waals surface area contributed by atoms with Crippen LogP contribution in [0.5, 0.6) is 0 Å². The molecule has 0 spiro atoms. The van der Waals surface area contributed by atoms with Gasteiger partial charge in [0.1, 0.15) is 0 Å². The predicted octanol–water partition coefficient (Wildman–Crippen LogP) is 2.21. The van der Waals surface area contributed by atoms with Crippen LogP contribution in [0.1, 0.15) is 49.4 Å². The van der Waals surface area contributed by atoms with Gasteiger partial charge in [-0.2, -0.15) is 0 Å². The Labute approximate surface area is 129 Å². The number of aromatic nitrogens is 2. The number of hydrogen-bond donors (Lipinski definition) is 1. The summed E-state index contributed by atoms with van der Waals surface area (Å²) in [5.74, 6) is 1.77. The Morgan fingerprint density at radius 3 is 2.82 bits per heavy atom. The van der Waals surface area contributed by atoms with E-state index in [-0.39, 0.29) is 17.9 Å². The summed E-state index contributed by atoms with van der Waals surface area (Å²) in [6, 6.07) is 2.09. The van der Waals surface area contributed by atoms with Crippen LogP contribution in [0.3, 0.4) is 0 Å². The number of hydrogen-bond acceptors (Lipinski definition) is 3. The summed E-state index contributed by atoms with van der Waals surface area (Å²) in [4.78, 5) is 19.1. The van der Waals surface area contributed by atoms with Crippen LogP contribution in [-0.4, -0.2) is 21.8 Å². The fraction of sp³-hybridized carbons (Fsp3) is 0.529. The number of piperidine rings is 1. The largest absolute Gasteiger partial charge is 0.323 e. The van der Waals surface area contributed by atoms with Gasteiger partial charge in [-0.05, 0) is 49.7 Å². The number of carbonyl (C=O) groups is 1. The van der Waals surface area contributed by atoms with E-state index in [9.17, 15) is 4.79 Å². The predicted molar refractivity (Wildman–Crippen MR) is 83.7 cm³/mol. The van der Waals surface area contributed by atoms with Crippen molar-refractivity contribution < 1.29 is 4.79 Å². The summed E-state index contributed by atoms with van der Waals surface area (Å²) >= 11 is 0. The van der Waals surface area contributed by atoms with Crippen molar-refractivity contribution in [3.63, 3.8) is 0 Å². The van der Waals surface area contributed by atoms with Crippen molar-refractivity contribution in [2.24, 2.45) is 17.6 Å². The third kappa shape index (κ3) is 1.75. The van der Waals surface area contributed by atoms with Crippen LogP contribution in [0.25, 0.3) is 5.65 Å². The van der Waals surface area contributed by atoms with E-state index in [1.54, 1.807) is 0 Å². The lowest BCUT2D eigenvalue weighted by Gasteiger charge is -2.20. The first-order chi connectivity index (χ1) is 10.6. The number of rotatable bonds is 3. The van der Waals surface area contributed by atoms with E-state index >= 15 is 0 Å². The zero-order valence-electron chi connectivity index (χ0n) is 12.7. The number of nitrogens with two attached hydrogens (primary N) is 1. The normalized spacial score (nSPS) is 28.3. The second kappa shape index (κ2) is 4.10. The fourth-order valence-electron chi connectivity index (χ4n) is 3.67. The van der Waals surface area contributed by atoms with Gasteiger partial charge in [0.2, 0.25) is 5.91 Å². The second-order valence-electron chi connectivity index (χ2n) is 7.17. The van der Waals surface area contributed by atoms with Crippen LogP contribution in [-0.2, 0) is 4.79 Å². The first-order valence-corrected chi connectivity index (χ1v) is 8.21. The molecule has 2 N–H and O–H groups in total. The van der Waals surface area contributed by atoms with Gasteiger partial charge >= 0.3 is 0 Å². The number of amides is 1. The third-order valence-corrected chi connectivity index (χ3v) is 5.30. The highest BCUT2D eigenvalue weighted by atomic mass is 16.2.